The summed E-state index contributed by atoms with van der Waals surface area (Å²) >= 11 is 17.1. The average molecular weight is 289 g/mol. The molecule has 1 aliphatic carbocycles. The maximum Gasteiger partial charge on any atom is 0.166 e. The van der Waals surface area contributed by atoms with E-state index in [1.165, 1.54) is 12.8 Å². The Hall–Kier alpha value is -0.510. The minimum absolute atomic E-state index is 0.592. The lowest BCUT2D eigenvalue weighted by molar-refractivity contribution is 0.812. The molecule has 5 heteroatoms. The molecule has 0 spiro atoms. The molecule has 1 saturated carbocycles. The van der Waals surface area contributed by atoms with Crippen LogP contribution in [0.2, 0.25) is 10.0 Å². The van der Waals surface area contributed by atoms with E-state index in [-0.39, 0.29) is 0 Å². The lowest BCUT2D eigenvalue weighted by Crippen LogP contribution is -2.37. The van der Waals surface area contributed by atoms with E-state index >= 15 is 0 Å². The zero-order valence-electron chi connectivity index (χ0n) is 9.30. The molecule has 0 atom stereocenters. The highest BCUT2D eigenvalue weighted by Gasteiger charge is 2.21. The second-order valence-corrected chi connectivity index (χ2v) is 5.41. The van der Waals surface area contributed by atoms with E-state index in [9.17, 15) is 0 Å². The molecule has 0 bridgehead atoms. The summed E-state index contributed by atoms with van der Waals surface area (Å²) in [7, 11) is 0. The van der Waals surface area contributed by atoms with Crippen molar-refractivity contribution >= 4 is 40.5 Å². The lowest BCUT2D eigenvalue weighted by atomic mass is 10.1. The Morgan fingerprint density at radius 2 is 2.12 bits per heavy atom. The van der Waals surface area contributed by atoms with Gasteiger partial charge in [-0.1, -0.05) is 29.3 Å². The highest BCUT2D eigenvalue weighted by Crippen LogP contribution is 2.21. The van der Waals surface area contributed by atoms with Crippen molar-refractivity contribution in [1.29, 1.82) is 0 Å². The van der Waals surface area contributed by atoms with Gasteiger partial charge in [0.1, 0.15) is 0 Å². The second-order valence-electron chi connectivity index (χ2n) is 4.16. The highest BCUT2D eigenvalue weighted by atomic mass is 35.5. The lowest BCUT2D eigenvalue weighted by Gasteiger charge is -2.10. The first-order valence-electron chi connectivity index (χ1n) is 5.63. The second kappa shape index (κ2) is 5.89. The summed E-state index contributed by atoms with van der Waals surface area (Å²) in [5.74, 6) is 0. The predicted molar refractivity (Wildman–Crippen MR) is 76.9 cm³/mol. The van der Waals surface area contributed by atoms with Gasteiger partial charge in [0.25, 0.3) is 0 Å². The van der Waals surface area contributed by atoms with Crippen molar-refractivity contribution in [2.45, 2.75) is 25.3 Å². The fraction of sp³-hybridized carbons (Fsp3) is 0.417. The SMILES string of the molecule is S=C(NCCc1ccc(Cl)cc1Cl)NC1CC1. The molecule has 1 aliphatic rings. The zero-order valence-corrected chi connectivity index (χ0v) is 11.6. The summed E-state index contributed by atoms with van der Waals surface area (Å²) in [4.78, 5) is 0. The van der Waals surface area contributed by atoms with Crippen molar-refractivity contribution in [2.24, 2.45) is 0 Å². The van der Waals surface area contributed by atoms with E-state index < -0.39 is 0 Å². The van der Waals surface area contributed by atoms with E-state index in [1.807, 2.05) is 12.1 Å². The van der Waals surface area contributed by atoms with E-state index in [1.54, 1.807) is 6.07 Å². The average Bonchev–Trinajstić information content (AvgIpc) is 3.05. The molecular formula is C12H14Cl2N2S. The number of nitrogens with one attached hydrogen (secondary N) is 2. The number of hydrogen-bond acceptors (Lipinski definition) is 1. The number of hydrogen-bond donors (Lipinski definition) is 2. The molecule has 1 aromatic carbocycles. The summed E-state index contributed by atoms with van der Waals surface area (Å²) in [6.45, 7) is 0.778. The van der Waals surface area contributed by atoms with Gasteiger partial charge in [-0.15, -0.1) is 0 Å². The van der Waals surface area contributed by atoms with Gasteiger partial charge in [0.15, 0.2) is 5.11 Å². The van der Waals surface area contributed by atoms with Crippen LogP contribution in [0.5, 0.6) is 0 Å². The largest absolute Gasteiger partial charge is 0.362 e. The molecule has 0 aliphatic heterocycles. The first kappa shape index (κ1) is 12.9. The van der Waals surface area contributed by atoms with E-state index in [0.29, 0.717) is 16.1 Å². The summed E-state index contributed by atoms with van der Waals surface area (Å²) in [6, 6.07) is 6.15. The van der Waals surface area contributed by atoms with Crippen molar-refractivity contribution in [1.82, 2.24) is 10.6 Å². The van der Waals surface area contributed by atoms with E-state index in [2.05, 4.69) is 10.6 Å². The molecule has 17 heavy (non-hydrogen) atoms. The van der Waals surface area contributed by atoms with Crippen LogP contribution in [0.1, 0.15) is 18.4 Å². The number of rotatable bonds is 4. The van der Waals surface area contributed by atoms with Crippen molar-refractivity contribution in [3.05, 3.63) is 33.8 Å². The van der Waals surface area contributed by atoms with E-state index in [4.69, 9.17) is 35.4 Å². The van der Waals surface area contributed by atoms with Crippen LogP contribution in [0, 0.1) is 0 Å². The number of halogens is 2. The Morgan fingerprint density at radius 1 is 1.35 bits per heavy atom. The fourth-order valence-corrected chi connectivity index (χ4v) is 2.27. The normalized spacial score (nSPS) is 14.5. The maximum atomic E-state index is 6.08. The molecule has 92 valence electrons. The summed E-state index contributed by atoms with van der Waals surface area (Å²) in [5.41, 5.74) is 1.08. The van der Waals surface area contributed by atoms with Crippen LogP contribution in [-0.4, -0.2) is 17.7 Å². The minimum Gasteiger partial charge on any atom is -0.362 e. The Labute approximate surface area is 117 Å². The monoisotopic (exact) mass is 288 g/mol. The van der Waals surface area contributed by atoms with Gasteiger partial charge in [-0.2, -0.15) is 0 Å². The summed E-state index contributed by atoms with van der Waals surface area (Å²) in [5, 5.41) is 8.51. The molecule has 0 saturated heterocycles. The van der Waals surface area contributed by atoms with Crippen LogP contribution in [0.15, 0.2) is 18.2 Å². The molecule has 2 N–H and O–H groups in total. The van der Waals surface area contributed by atoms with Gasteiger partial charge in [-0.05, 0) is 49.2 Å². The van der Waals surface area contributed by atoms with Gasteiger partial charge in [0, 0.05) is 22.6 Å². The van der Waals surface area contributed by atoms with Crippen LogP contribution in [-0.2, 0) is 6.42 Å². The summed E-state index contributed by atoms with van der Waals surface area (Å²) in [6.07, 6.45) is 3.29. The molecule has 0 aromatic heterocycles. The predicted octanol–water partition coefficient (Wildman–Crippen LogP) is 3.16. The molecule has 1 fully saturated rings. The smallest absolute Gasteiger partial charge is 0.166 e. The van der Waals surface area contributed by atoms with Crippen LogP contribution in [0.25, 0.3) is 0 Å². The van der Waals surface area contributed by atoms with Crippen LogP contribution in [0.3, 0.4) is 0 Å². The van der Waals surface area contributed by atoms with Crippen LogP contribution < -0.4 is 10.6 Å². The molecule has 2 rings (SSSR count). The Kier molecular flexibility index (Phi) is 4.48. The van der Waals surface area contributed by atoms with Gasteiger partial charge in [0.05, 0.1) is 0 Å². The standard InChI is InChI=1S/C12H14Cl2N2S/c13-9-2-1-8(11(14)7-9)5-6-15-12(17)16-10-3-4-10/h1-2,7,10H,3-6H2,(H2,15,16,17). The molecular weight excluding hydrogens is 275 g/mol. The highest BCUT2D eigenvalue weighted by molar-refractivity contribution is 7.80. The third kappa shape index (κ3) is 4.34. The van der Waals surface area contributed by atoms with Gasteiger partial charge in [-0.3, -0.25) is 0 Å². The number of benzene rings is 1. The van der Waals surface area contributed by atoms with Gasteiger partial charge in [-0.25, -0.2) is 0 Å². The number of thiocarbonyl (C=S) groups is 1. The van der Waals surface area contributed by atoms with E-state index in [0.717, 1.165) is 23.6 Å². The minimum atomic E-state index is 0.592. The Balaban J connectivity index is 1.75. The molecule has 0 unspecified atom stereocenters. The van der Waals surface area contributed by atoms with Gasteiger partial charge in [0.2, 0.25) is 0 Å². The quantitative estimate of drug-likeness (QED) is 0.833. The molecule has 0 radical (unpaired) electrons. The Morgan fingerprint density at radius 3 is 2.76 bits per heavy atom. The van der Waals surface area contributed by atoms with Crippen LogP contribution in [0.4, 0.5) is 0 Å². The van der Waals surface area contributed by atoms with Gasteiger partial charge >= 0.3 is 0 Å². The van der Waals surface area contributed by atoms with Crippen LogP contribution >= 0.6 is 35.4 Å². The fourth-order valence-electron chi connectivity index (χ4n) is 1.50. The third-order valence-corrected chi connectivity index (χ3v) is 3.46. The molecule has 0 heterocycles. The van der Waals surface area contributed by atoms with Crippen molar-refractivity contribution < 1.29 is 0 Å². The molecule has 0 amide bonds. The summed E-state index contributed by atoms with van der Waals surface area (Å²) < 4.78 is 0. The molecule has 2 nitrogen and oxygen atoms in total. The zero-order chi connectivity index (χ0) is 12.3. The molecule has 1 aromatic rings. The first-order chi connectivity index (χ1) is 8.15. The van der Waals surface area contributed by atoms with Crippen molar-refractivity contribution in [3.63, 3.8) is 0 Å². The van der Waals surface area contributed by atoms with Crippen molar-refractivity contribution in [3.8, 4) is 0 Å². The maximum absolute atomic E-state index is 6.08. The topological polar surface area (TPSA) is 24.1 Å². The van der Waals surface area contributed by atoms with Crippen molar-refractivity contribution in [2.75, 3.05) is 6.54 Å². The third-order valence-electron chi connectivity index (χ3n) is 2.61. The van der Waals surface area contributed by atoms with Gasteiger partial charge < -0.3 is 10.6 Å². The Bertz CT molecular complexity index is 419. The first-order valence-corrected chi connectivity index (χ1v) is 6.80.